The molecule has 0 fully saturated rings. The van der Waals surface area contributed by atoms with Gasteiger partial charge in [-0.1, -0.05) is 12.1 Å². The minimum absolute atomic E-state index is 0.0601. The minimum Gasteiger partial charge on any atom is -0.345 e. The van der Waals surface area contributed by atoms with Crippen LogP contribution in [0.1, 0.15) is 46.9 Å². The summed E-state index contributed by atoms with van der Waals surface area (Å²) in [6.45, 7) is 7.36. The molecular weight excluding hydrogens is 481 g/mol. The van der Waals surface area contributed by atoms with E-state index >= 15 is 0 Å². The highest BCUT2D eigenvalue weighted by Crippen LogP contribution is 2.33. The second-order valence-corrected chi connectivity index (χ2v) is 9.37. The zero-order valence-corrected chi connectivity index (χ0v) is 20.9. The fourth-order valence-electron chi connectivity index (χ4n) is 4.70. The van der Waals surface area contributed by atoms with Gasteiger partial charge in [-0.25, -0.2) is 4.68 Å². The quantitative estimate of drug-likeness (QED) is 0.327. The Hall–Kier alpha value is -4.08. The van der Waals surface area contributed by atoms with Gasteiger partial charge in [0.2, 0.25) is 5.95 Å². The third-order valence-corrected chi connectivity index (χ3v) is 6.58. The molecule has 3 heterocycles. The number of hydrogen-bond donors (Lipinski definition) is 2. The number of anilines is 2. The summed E-state index contributed by atoms with van der Waals surface area (Å²) in [7, 11) is 0. The molecule has 1 atom stereocenters. The first-order valence-electron chi connectivity index (χ1n) is 12.0. The topological polar surface area (TPSA) is 76.8 Å². The number of nitrogens with zero attached hydrogens (tertiary/aromatic N) is 4. The summed E-state index contributed by atoms with van der Waals surface area (Å²) in [6, 6.07) is 11.2. The summed E-state index contributed by atoms with van der Waals surface area (Å²) in [4.78, 5) is 16.9. The second-order valence-electron chi connectivity index (χ2n) is 9.37. The summed E-state index contributed by atoms with van der Waals surface area (Å²) in [5.41, 5.74) is 6.69. The van der Waals surface area contributed by atoms with Crippen molar-refractivity contribution in [3.8, 4) is 22.5 Å². The van der Waals surface area contributed by atoms with Crippen LogP contribution in [0.4, 0.5) is 24.8 Å². The molecule has 7 nitrogen and oxygen atoms in total. The van der Waals surface area contributed by atoms with E-state index in [9.17, 15) is 18.0 Å². The summed E-state index contributed by atoms with van der Waals surface area (Å²) in [6.07, 6.45) is -1.33. The number of rotatable bonds is 6. The van der Waals surface area contributed by atoms with Crippen LogP contribution in [0, 0.1) is 13.8 Å². The van der Waals surface area contributed by atoms with Crippen molar-refractivity contribution in [3.05, 3.63) is 71.0 Å². The van der Waals surface area contributed by atoms with Crippen molar-refractivity contribution in [1.29, 1.82) is 0 Å². The Morgan fingerprint density at radius 3 is 2.54 bits per heavy atom. The smallest absolute Gasteiger partial charge is 0.345 e. The predicted octanol–water partition coefficient (Wildman–Crippen LogP) is 6.16. The molecule has 1 aliphatic rings. The predicted molar refractivity (Wildman–Crippen MR) is 136 cm³/mol. The Morgan fingerprint density at radius 2 is 1.84 bits per heavy atom. The van der Waals surface area contributed by atoms with Crippen LogP contribution in [0.25, 0.3) is 22.5 Å². The van der Waals surface area contributed by atoms with E-state index in [1.165, 1.54) is 12.4 Å². The second kappa shape index (κ2) is 9.10. The average Bonchev–Trinajstić information content (AvgIpc) is 3.51. The number of aryl methyl sites for hydroxylation is 3. The molecule has 0 radical (unpaired) electrons. The molecule has 0 saturated heterocycles. The van der Waals surface area contributed by atoms with Crippen LogP contribution in [-0.2, 0) is 13.1 Å². The van der Waals surface area contributed by atoms with Crippen LogP contribution < -0.4 is 10.6 Å². The third kappa shape index (κ3) is 4.83. The summed E-state index contributed by atoms with van der Waals surface area (Å²) in [5, 5.41) is 11.0. The number of nitrogens with one attached hydrogen (secondary N) is 2. The van der Waals surface area contributed by atoms with Crippen molar-refractivity contribution >= 4 is 17.5 Å². The number of carbonyl (C=O) groups is 1. The molecule has 1 aliphatic heterocycles. The van der Waals surface area contributed by atoms with E-state index < -0.39 is 12.7 Å². The zero-order chi connectivity index (χ0) is 26.5. The molecule has 5 rings (SSSR count). The van der Waals surface area contributed by atoms with Crippen LogP contribution >= 0.6 is 0 Å². The van der Waals surface area contributed by atoms with Gasteiger partial charge < -0.3 is 15.2 Å². The number of alkyl halides is 3. The van der Waals surface area contributed by atoms with Gasteiger partial charge in [0.05, 0.1) is 6.04 Å². The standard InChI is InChI=1S/C27H27F3N6O/c1-5-36-26(32-23-12-21-17(4)31-25(37)22(21)11-16(23)3)33-24(34-36)18-6-7-20(15(2)10-18)19-8-9-35(13-19)14-27(28,29)30/h6-13,17H,5,14H2,1-4H3,(H,31,37)(H,32,33,34). The van der Waals surface area contributed by atoms with Gasteiger partial charge in [-0.15, -0.1) is 5.10 Å². The molecule has 0 aliphatic carbocycles. The SMILES string of the molecule is CCn1nc(-c2ccc(-c3ccn(CC(F)(F)F)c3)c(C)c2)nc1Nc1cc2c(cc1C)C(=O)NC2C. The van der Waals surface area contributed by atoms with Gasteiger partial charge in [0, 0.05) is 35.8 Å². The lowest BCUT2D eigenvalue weighted by atomic mass is 10.0. The number of amides is 1. The van der Waals surface area contributed by atoms with Crippen molar-refractivity contribution < 1.29 is 18.0 Å². The fourth-order valence-corrected chi connectivity index (χ4v) is 4.70. The van der Waals surface area contributed by atoms with Crippen molar-refractivity contribution in [1.82, 2.24) is 24.6 Å². The van der Waals surface area contributed by atoms with Gasteiger partial charge in [-0.2, -0.15) is 18.2 Å². The first-order chi connectivity index (χ1) is 17.5. The molecule has 192 valence electrons. The number of hydrogen-bond acceptors (Lipinski definition) is 4. The first-order valence-corrected chi connectivity index (χ1v) is 12.0. The van der Waals surface area contributed by atoms with Gasteiger partial charge in [0.15, 0.2) is 5.82 Å². The number of fused-ring (bicyclic) bond motifs is 1. The number of carbonyl (C=O) groups excluding carboxylic acids is 1. The van der Waals surface area contributed by atoms with Crippen LogP contribution in [-0.4, -0.2) is 31.4 Å². The highest BCUT2D eigenvalue weighted by Gasteiger charge is 2.28. The lowest BCUT2D eigenvalue weighted by molar-refractivity contribution is -0.140. The van der Waals surface area contributed by atoms with E-state index in [1.807, 2.05) is 58.0 Å². The molecule has 1 unspecified atom stereocenters. The maximum absolute atomic E-state index is 12.7. The fraction of sp³-hybridized carbons (Fsp3) is 0.296. The van der Waals surface area contributed by atoms with E-state index in [4.69, 9.17) is 4.98 Å². The monoisotopic (exact) mass is 508 g/mol. The Bertz CT molecular complexity index is 1500. The van der Waals surface area contributed by atoms with Crippen LogP contribution in [0.15, 0.2) is 48.8 Å². The Labute approximate surface area is 212 Å². The van der Waals surface area contributed by atoms with Gasteiger partial charge in [-0.3, -0.25) is 4.79 Å². The van der Waals surface area contributed by atoms with E-state index in [1.54, 1.807) is 10.7 Å². The number of aromatic nitrogens is 4. The van der Waals surface area contributed by atoms with Crippen LogP contribution in [0.5, 0.6) is 0 Å². The summed E-state index contributed by atoms with van der Waals surface area (Å²) >= 11 is 0. The van der Waals surface area contributed by atoms with Crippen molar-refractivity contribution in [2.45, 2.75) is 53.0 Å². The first kappa shape index (κ1) is 24.6. The molecule has 2 aromatic carbocycles. The highest BCUT2D eigenvalue weighted by atomic mass is 19.4. The maximum Gasteiger partial charge on any atom is 0.406 e. The van der Waals surface area contributed by atoms with Gasteiger partial charge in [0.1, 0.15) is 6.54 Å². The lowest BCUT2D eigenvalue weighted by Gasteiger charge is -2.12. The van der Waals surface area contributed by atoms with E-state index in [0.717, 1.165) is 43.6 Å². The molecule has 0 saturated carbocycles. The molecule has 0 spiro atoms. The number of halogens is 3. The molecule has 2 aromatic heterocycles. The van der Waals surface area contributed by atoms with Crippen molar-refractivity contribution in [2.24, 2.45) is 0 Å². The van der Waals surface area contributed by atoms with Crippen LogP contribution in [0.3, 0.4) is 0 Å². The Morgan fingerprint density at radius 1 is 1.05 bits per heavy atom. The third-order valence-electron chi connectivity index (χ3n) is 6.58. The number of benzene rings is 2. The largest absolute Gasteiger partial charge is 0.406 e. The molecule has 4 aromatic rings. The van der Waals surface area contributed by atoms with Gasteiger partial charge >= 0.3 is 6.18 Å². The van der Waals surface area contributed by atoms with Crippen LogP contribution in [0.2, 0.25) is 0 Å². The lowest BCUT2D eigenvalue weighted by Crippen LogP contribution is -2.16. The summed E-state index contributed by atoms with van der Waals surface area (Å²) < 4.78 is 41.1. The maximum atomic E-state index is 12.7. The minimum atomic E-state index is -4.27. The normalized spacial score (nSPS) is 15.1. The van der Waals surface area contributed by atoms with Gasteiger partial charge in [0.25, 0.3) is 5.91 Å². The highest BCUT2D eigenvalue weighted by molar-refractivity contribution is 6.00. The van der Waals surface area contributed by atoms with E-state index in [-0.39, 0.29) is 11.9 Å². The average molecular weight is 509 g/mol. The molecular formula is C27H27F3N6O. The van der Waals surface area contributed by atoms with Crippen molar-refractivity contribution in [3.63, 3.8) is 0 Å². The Kier molecular flexibility index (Phi) is 6.05. The van der Waals surface area contributed by atoms with E-state index in [2.05, 4.69) is 15.7 Å². The molecule has 1 amide bonds. The molecule has 0 bridgehead atoms. The Balaban J connectivity index is 1.42. The molecule has 2 N–H and O–H groups in total. The summed E-state index contributed by atoms with van der Waals surface area (Å²) in [5.74, 6) is 1.06. The molecule has 10 heteroatoms. The van der Waals surface area contributed by atoms with Crippen molar-refractivity contribution in [2.75, 3.05) is 5.32 Å². The van der Waals surface area contributed by atoms with E-state index in [0.29, 0.717) is 23.9 Å². The molecule has 37 heavy (non-hydrogen) atoms. The van der Waals surface area contributed by atoms with Gasteiger partial charge in [-0.05, 0) is 79.8 Å². The zero-order valence-electron chi connectivity index (χ0n) is 20.9.